The van der Waals surface area contributed by atoms with Crippen LogP contribution >= 0.6 is 0 Å². The normalized spacial score (nSPS) is 16.7. The van der Waals surface area contributed by atoms with Gasteiger partial charge >= 0.3 is 6.92 Å². The van der Waals surface area contributed by atoms with Crippen molar-refractivity contribution in [3.63, 3.8) is 0 Å². The molecule has 1 atom stereocenters. The Morgan fingerprint density at radius 3 is 1.78 bits per heavy atom. The highest BCUT2D eigenvalue weighted by atomic mass is 16.5. The van der Waals surface area contributed by atoms with Crippen molar-refractivity contribution in [1.29, 1.82) is 0 Å². The molecule has 0 spiro atoms. The zero-order valence-electron chi connectivity index (χ0n) is 19.0. The second-order valence-electron chi connectivity index (χ2n) is 8.77. The molecule has 32 heavy (non-hydrogen) atoms. The number of carbonyl (C=O) groups excluding carboxylic acids is 1. The van der Waals surface area contributed by atoms with Crippen LogP contribution in [0.1, 0.15) is 38.2 Å². The molecule has 0 saturated heterocycles. The van der Waals surface area contributed by atoms with Crippen LogP contribution in [0.15, 0.2) is 102 Å². The Morgan fingerprint density at radius 2 is 1.28 bits per heavy atom. The molecule has 0 saturated carbocycles. The molecular weight excluding hydrogens is 395 g/mol. The Morgan fingerprint density at radius 1 is 0.781 bits per heavy atom. The van der Waals surface area contributed by atoms with Gasteiger partial charge in [0, 0.05) is 12.8 Å². The fraction of sp³-hybridized carbons (Fsp3) is 0.250. The lowest BCUT2D eigenvalue weighted by atomic mass is 9.54. The molecule has 1 unspecified atom stereocenters. The quantitative estimate of drug-likeness (QED) is 0.519. The highest BCUT2D eigenvalue weighted by Crippen LogP contribution is 2.39. The van der Waals surface area contributed by atoms with Crippen molar-refractivity contribution in [3.8, 4) is 0 Å². The third-order valence-corrected chi connectivity index (χ3v) is 6.16. The maximum atomic E-state index is 13.4. The molecule has 0 aromatic heterocycles. The van der Waals surface area contributed by atoms with Gasteiger partial charge in [0.05, 0.1) is 18.3 Å². The van der Waals surface area contributed by atoms with Gasteiger partial charge < -0.3 is 9.39 Å². The summed E-state index contributed by atoms with van der Waals surface area (Å²) in [5.74, 6) is 0.934. The van der Waals surface area contributed by atoms with Gasteiger partial charge in [0.2, 0.25) is 0 Å². The predicted octanol–water partition coefficient (Wildman–Crippen LogP) is 4.63. The number of benzene rings is 3. The fourth-order valence-corrected chi connectivity index (χ4v) is 4.63. The van der Waals surface area contributed by atoms with E-state index in [2.05, 4.69) is 36.4 Å². The minimum Gasteiger partial charge on any atom is -0.501 e. The molecule has 4 heteroatoms. The van der Waals surface area contributed by atoms with Crippen molar-refractivity contribution in [2.75, 3.05) is 7.11 Å². The second kappa shape index (κ2) is 9.58. The first kappa shape index (κ1) is 22.1. The first-order valence-electron chi connectivity index (χ1n) is 11.1. The number of methoxy groups -OCH3 is 1. The van der Waals surface area contributed by atoms with Crippen LogP contribution in [0.2, 0.25) is 0 Å². The summed E-state index contributed by atoms with van der Waals surface area (Å²) < 4.78 is 12.5. The van der Waals surface area contributed by atoms with Gasteiger partial charge in [-0.15, -0.1) is 0 Å². The van der Waals surface area contributed by atoms with E-state index in [1.165, 1.54) is 5.56 Å². The molecule has 3 aromatic carbocycles. The van der Waals surface area contributed by atoms with E-state index in [0.29, 0.717) is 18.4 Å². The minimum absolute atomic E-state index is 0.0897. The molecule has 0 fully saturated rings. The summed E-state index contributed by atoms with van der Waals surface area (Å²) in [7, 11) is 1.65. The number of hydrogen-bond donors (Lipinski definition) is 0. The van der Waals surface area contributed by atoms with Gasteiger partial charge in [-0.05, 0) is 36.3 Å². The standard InChI is InChI=1S/C28H29BO3/c1-28(2,32-29(23-15-9-5-10-16-23)24-17-11-6-12-18-24)27-25(30)19-22(20-26(27)31-3)21-13-7-4-8-14-21/h4-18,22H,19-20H2,1-3H3. The van der Waals surface area contributed by atoms with Crippen LogP contribution < -0.4 is 10.9 Å². The summed E-state index contributed by atoms with van der Waals surface area (Å²) in [6, 6.07) is 30.5. The average molecular weight is 424 g/mol. The smallest absolute Gasteiger partial charge is 0.362 e. The monoisotopic (exact) mass is 424 g/mol. The molecule has 0 heterocycles. The molecule has 0 aliphatic heterocycles. The number of allylic oxidation sites excluding steroid dienone is 1. The van der Waals surface area contributed by atoms with Gasteiger partial charge in [-0.25, -0.2) is 0 Å². The Kier molecular flexibility index (Phi) is 6.62. The molecule has 0 radical (unpaired) electrons. The zero-order chi connectivity index (χ0) is 22.6. The van der Waals surface area contributed by atoms with E-state index in [-0.39, 0.29) is 18.6 Å². The van der Waals surface area contributed by atoms with Crippen LogP contribution in [-0.2, 0) is 14.2 Å². The second-order valence-corrected chi connectivity index (χ2v) is 8.77. The van der Waals surface area contributed by atoms with Crippen LogP contribution in [0.4, 0.5) is 0 Å². The van der Waals surface area contributed by atoms with Crippen molar-refractivity contribution in [3.05, 3.63) is 108 Å². The maximum Gasteiger partial charge on any atom is 0.362 e. The summed E-state index contributed by atoms with van der Waals surface area (Å²) in [4.78, 5) is 13.4. The van der Waals surface area contributed by atoms with E-state index in [1.807, 2.05) is 68.4 Å². The van der Waals surface area contributed by atoms with E-state index in [4.69, 9.17) is 9.39 Å². The minimum atomic E-state index is -0.819. The number of hydrogen-bond acceptors (Lipinski definition) is 3. The number of ether oxygens (including phenoxy) is 1. The summed E-state index contributed by atoms with van der Waals surface area (Å²) >= 11 is 0. The van der Waals surface area contributed by atoms with E-state index in [1.54, 1.807) is 7.11 Å². The van der Waals surface area contributed by atoms with E-state index in [9.17, 15) is 4.79 Å². The van der Waals surface area contributed by atoms with Crippen LogP contribution in [0, 0.1) is 0 Å². The molecule has 0 amide bonds. The average Bonchev–Trinajstić information content (AvgIpc) is 2.83. The molecule has 162 valence electrons. The third kappa shape index (κ3) is 4.71. The SMILES string of the molecule is COC1=C(C(C)(C)OB(c2ccccc2)c2ccccc2)C(=O)CC(c2ccccc2)C1. The molecule has 0 bridgehead atoms. The molecule has 1 aliphatic carbocycles. The predicted molar refractivity (Wildman–Crippen MR) is 131 cm³/mol. The van der Waals surface area contributed by atoms with Gasteiger partial charge in [-0.2, -0.15) is 0 Å². The van der Waals surface area contributed by atoms with E-state index < -0.39 is 5.60 Å². The summed E-state index contributed by atoms with van der Waals surface area (Å²) in [5, 5.41) is 0. The summed E-state index contributed by atoms with van der Waals surface area (Å²) in [6.07, 6.45) is 1.15. The van der Waals surface area contributed by atoms with Crippen molar-refractivity contribution in [2.24, 2.45) is 0 Å². The van der Waals surface area contributed by atoms with Crippen LogP contribution in [-0.4, -0.2) is 25.4 Å². The van der Waals surface area contributed by atoms with Crippen molar-refractivity contribution >= 4 is 23.6 Å². The maximum absolute atomic E-state index is 13.4. The van der Waals surface area contributed by atoms with E-state index in [0.717, 1.165) is 16.7 Å². The Labute approximate surface area is 191 Å². The lowest BCUT2D eigenvalue weighted by molar-refractivity contribution is -0.118. The highest BCUT2D eigenvalue weighted by molar-refractivity contribution is 6.80. The molecule has 0 N–H and O–H groups in total. The summed E-state index contributed by atoms with van der Waals surface area (Å²) in [5.41, 5.74) is 3.10. The Hall–Kier alpha value is -3.11. The topological polar surface area (TPSA) is 35.5 Å². The van der Waals surface area contributed by atoms with Crippen molar-refractivity contribution in [1.82, 2.24) is 0 Å². The summed E-state index contributed by atoms with van der Waals surface area (Å²) in [6.45, 7) is 3.65. The van der Waals surface area contributed by atoms with Crippen molar-refractivity contribution in [2.45, 2.75) is 38.2 Å². The third-order valence-electron chi connectivity index (χ3n) is 6.16. The molecule has 3 nitrogen and oxygen atoms in total. The van der Waals surface area contributed by atoms with Crippen LogP contribution in [0.5, 0.6) is 0 Å². The lowest BCUT2D eigenvalue weighted by Crippen LogP contribution is -2.51. The zero-order valence-corrected chi connectivity index (χ0v) is 19.0. The van der Waals surface area contributed by atoms with E-state index >= 15 is 0 Å². The first-order chi connectivity index (χ1) is 15.5. The first-order valence-corrected chi connectivity index (χ1v) is 11.1. The van der Waals surface area contributed by atoms with Gasteiger partial charge in [0.25, 0.3) is 0 Å². The van der Waals surface area contributed by atoms with Crippen LogP contribution in [0.3, 0.4) is 0 Å². The Balaban J connectivity index is 1.69. The number of Topliss-reactive ketones (excluding diaryl/α,β-unsaturated/α-hetero) is 1. The molecule has 3 aromatic rings. The lowest BCUT2D eigenvalue weighted by Gasteiger charge is -2.36. The largest absolute Gasteiger partial charge is 0.501 e. The number of ketones is 1. The number of carbonyl (C=O) groups is 1. The fourth-order valence-electron chi connectivity index (χ4n) is 4.63. The molecule has 1 aliphatic rings. The van der Waals surface area contributed by atoms with Gasteiger partial charge in [-0.3, -0.25) is 4.79 Å². The van der Waals surface area contributed by atoms with Gasteiger partial charge in [-0.1, -0.05) is 91.0 Å². The molecule has 4 rings (SSSR count). The van der Waals surface area contributed by atoms with Gasteiger partial charge in [0.15, 0.2) is 5.78 Å². The Bertz CT molecular complexity index is 1040. The van der Waals surface area contributed by atoms with Crippen molar-refractivity contribution < 1.29 is 14.2 Å². The molecular formula is C28H29BO3. The van der Waals surface area contributed by atoms with Crippen LogP contribution in [0.25, 0.3) is 0 Å². The number of rotatable bonds is 7. The highest BCUT2D eigenvalue weighted by Gasteiger charge is 2.41. The van der Waals surface area contributed by atoms with Gasteiger partial charge in [0.1, 0.15) is 5.76 Å².